The van der Waals surface area contributed by atoms with Gasteiger partial charge in [0.25, 0.3) is 0 Å². The third kappa shape index (κ3) is 2.24. The Bertz CT molecular complexity index is 840. The smallest absolute Gasteiger partial charge is 0.418 e. The van der Waals surface area contributed by atoms with E-state index < -0.39 is 11.7 Å². The van der Waals surface area contributed by atoms with Crippen molar-refractivity contribution < 1.29 is 23.0 Å². The Kier molecular flexibility index (Phi) is 3.20. The first-order chi connectivity index (χ1) is 10.4. The summed E-state index contributed by atoms with van der Waals surface area (Å²) in [4.78, 5) is 0. The maximum Gasteiger partial charge on any atom is 0.418 e. The van der Waals surface area contributed by atoms with Gasteiger partial charge in [-0.3, -0.25) is 5.10 Å². The molecule has 1 heterocycles. The number of phenols is 1. The number of benzene rings is 2. The Morgan fingerprint density at radius 1 is 1.18 bits per heavy atom. The number of aromatic hydroxyl groups is 1. The molecule has 0 bridgehead atoms. The van der Waals surface area contributed by atoms with Crippen molar-refractivity contribution in [2.24, 2.45) is 0 Å². The number of H-pyrrole nitrogens is 1. The molecule has 3 aromatic rings. The van der Waals surface area contributed by atoms with Crippen LogP contribution in [-0.4, -0.2) is 22.4 Å². The van der Waals surface area contributed by atoms with E-state index in [1.807, 2.05) is 0 Å². The molecule has 114 valence electrons. The molecule has 0 saturated carbocycles. The number of aromatic amines is 1. The molecule has 0 aliphatic rings. The van der Waals surface area contributed by atoms with Crippen molar-refractivity contribution >= 4 is 10.9 Å². The Hall–Kier alpha value is -2.70. The normalized spacial score (nSPS) is 11.8. The molecule has 3 rings (SSSR count). The van der Waals surface area contributed by atoms with Crippen molar-refractivity contribution in [3.8, 4) is 22.8 Å². The molecule has 0 unspecified atom stereocenters. The van der Waals surface area contributed by atoms with E-state index in [2.05, 4.69) is 10.2 Å². The van der Waals surface area contributed by atoms with Crippen molar-refractivity contribution in [1.82, 2.24) is 10.2 Å². The van der Waals surface area contributed by atoms with E-state index in [4.69, 9.17) is 4.74 Å². The van der Waals surface area contributed by atoms with Crippen LogP contribution in [0.3, 0.4) is 0 Å². The molecule has 0 fully saturated rings. The first-order valence-corrected chi connectivity index (χ1v) is 6.33. The molecule has 2 aromatic carbocycles. The van der Waals surface area contributed by atoms with Gasteiger partial charge in [0, 0.05) is 17.0 Å². The lowest BCUT2D eigenvalue weighted by Gasteiger charge is -2.07. The molecular weight excluding hydrogens is 297 g/mol. The molecule has 0 saturated heterocycles. The molecule has 4 nitrogen and oxygen atoms in total. The quantitative estimate of drug-likeness (QED) is 0.753. The van der Waals surface area contributed by atoms with E-state index in [0.717, 1.165) is 6.07 Å². The summed E-state index contributed by atoms with van der Waals surface area (Å²) in [6, 6.07) is 8.35. The van der Waals surface area contributed by atoms with Crippen LogP contribution in [0.2, 0.25) is 0 Å². The predicted molar refractivity (Wildman–Crippen MR) is 74.7 cm³/mol. The third-order valence-electron chi connectivity index (χ3n) is 3.36. The zero-order valence-corrected chi connectivity index (χ0v) is 11.4. The fourth-order valence-corrected chi connectivity index (χ4v) is 2.32. The molecule has 0 radical (unpaired) electrons. The van der Waals surface area contributed by atoms with Crippen molar-refractivity contribution in [3.63, 3.8) is 0 Å². The number of phenolic OH excluding ortho intramolecular Hbond substituents is 1. The Labute approximate surface area is 123 Å². The predicted octanol–water partition coefficient (Wildman–Crippen LogP) is 3.96. The van der Waals surface area contributed by atoms with Gasteiger partial charge in [0.15, 0.2) is 0 Å². The summed E-state index contributed by atoms with van der Waals surface area (Å²) in [5.74, 6) is 0.336. The van der Waals surface area contributed by atoms with E-state index >= 15 is 0 Å². The fourth-order valence-electron chi connectivity index (χ4n) is 2.32. The highest BCUT2D eigenvalue weighted by Crippen LogP contribution is 2.39. The molecule has 0 aliphatic heterocycles. The van der Waals surface area contributed by atoms with Crippen LogP contribution in [0.4, 0.5) is 13.2 Å². The molecule has 2 N–H and O–H groups in total. The van der Waals surface area contributed by atoms with Crippen molar-refractivity contribution in [2.75, 3.05) is 7.11 Å². The van der Waals surface area contributed by atoms with Gasteiger partial charge in [0.1, 0.15) is 17.0 Å². The molecule has 1 aromatic heterocycles. The van der Waals surface area contributed by atoms with Gasteiger partial charge in [-0.1, -0.05) is 12.1 Å². The van der Waals surface area contributed by atoms with Crippen molar-refractivity contribution in [1.29, 1.82) is 0 Å². The summed E-state index contributed by atoms with van der Waals surface area (Å²) in [7, 11) is 1.45. The third-order valence-corrected chi connectivity index (χ3v) is 3.36. The summed E-state index contributed by atoms with van der Waals surface area (Å²) in [6.45, 7) is 0. The van der Waals surface area contributed by atoms with Gasteiger partial charge < -0.3 is 9.84 Å². The average Bonchev–Trinajstić information content (AvgIpc) is 2.89. The lowest BCUT2D eigenvalue weighted by molar-refractivity contribution is -0.136. The average molecular weight is 308 g/mol. The topological polar surface area (TPSA) is 58.1 Å². The summed E-state index contributed by atoms with van der Waals surface area (Å²) in [5.41, 5.74) is -0.329. The lowest BCUT2D eigenvalue weighted by atomic mass is 10.0. The number of halogens is 3. The van der Waals surface area contributed by atoms with E-state index in [0.29, 0.717) is 17.0 Å². The minimum absolute atomic E-state index is 0.109. The zero-order chi connectivity index (χ0) is 15.9. The monoisotopic (exact) mass is 308 g/mol. The van der Waals surface area contributed by atoms with Crippen LogP contribution in [0.5, 0.6) is 11.5 Å². The number of methoxy groups -OCH3 is 1. The number of nitrogens with zero attached hydrogens (tertiary/aromatic N) is 1. The largest absolute Gasteiger partial charge is 0.507 e. The summed E-state index contributed by atoms with van der Waals surface area (Å²) in [5, 5.41) is 16.6. The number of rotatable bonds is 2. The van der Waals surface area contributed by atoms with Gasteiger partial charge in [-0.15, -0.1) is 0 Å². The van der Waals surface area contributed by atoms with Crippen LogP contribution in [0, 0.1) is 0 Å². The van der Waals surface area contributed by atoms with Crippen LogP contribution in [0.1, 0.15) is 5.56 Å². The van der Waals surface area contributed by atoms with Crippen LogP contribution < -0.4 is 4.74 Å². The van der Waals surface area contributed by atoms with Crippen molar-refractivity contribution in [3.05, 3.63) is 42.0 Å². The number of nitrogens with one attached hydrogen (secondary N) is 1. The van der Waals surface area contributed by atoms with E-state index in [9.17, 15) is 18.3 Å². The van der Waals surface area contributed by atoms with Crippen LogP contribution in [0.25, 0.3) is 22.2 Å². The SMILES string of the molecule is COc1ccc(-c2[nH]nc3c(C(F)(F)F)cccc23)c(O)c1. The second-order valence-electron chi connectivity index (χ2n) is 4.68. The number of alkyl halides is 3. The Morgan fingerprint density at radius 3 is 2.59 bits per heavy atom. The van der Waals surface area contributed by atoms with Gasteiger partial charge in [-0.05, 0) is 18.2 Å². The molecular formula is C15H11F3N2O2. The summed E-state index contributed by atoms with van der Waals surface area (Å²) >= 11 is 0. The Balaban J connectivity index is 2.21. The first-order valence-electron chi connectivity index (χ1n) is 6.33. The molecule has 0 aliphatic carbocycles. The zero-order valence-electron chi connectivity index (χ0n) is 11.4. The summed E-state index contributed by atoms with van der Waals surface area (Å²) < 4.78 is 43.9. The number of hydrogen-bond donors (Lipinski definition) is 2. The molecule has 22 heavy (non-hydrogen) atoms. The standard InChI is InChI=1S/C15H11F3N2O2/c1-22-8-5-6-9(12(21)7-8)13-10-3-2-4-11(15(16,17)18)14(10)20-19-13/h2-7,21H,1H3,(H,19,20). The number of hydrogen-bond acceptors (Lipinski definition) is 3. The first kappa shape index (κ1) is 14.2. The molecule has 7 heteroatoms. The van der Waals surface area contributed by atoms with Gasteiger partial charge >= 0.3 is 6.18 Å². The highest BCUT2D eigenvalue weighted by molar-refractivity contribution is 5.96. The van der Waals surface area contributed by atoms with E-state index in [1.165, 1.54) is 25.3 Å². The fraction of sp³-hybridized carbons (Fsp3) is 0.133. The lowest BCUT2D eigenvalue weighted by Crippen LogP contribution is -2.05. The maximum absolute atomic E-state index is 13.0. The molecule has 0 amide bonds. The Morgan fingerprint density at radius 2 is 1.95 bits per heavy atom. The highest BCUT2D eigenvalue weighted by atomic mass is 19.4. The second-order valence-corrected chi connectivity index (χ2v) is 4.68. The van der Waals surface area contributed by atoms with Crippen LogP contribution >= 0.6 is 0 Å². The van der Waals surface area contributed by atoms with Gasteiger partial charge in [-0.25, -0.2) is 0 Å². The highest BCUT2D eigenvalue weighted by Gasteiger charge is 2.34. The maximum atomic E-state index is 13.0. The van der Waals surface area contributed by atoms with Crippen LogP contribution in [-0.2, 0) is 6.18 Å². The number of para-hydroxylation sites is 1. The van der Waals surface area contributed by atoms with Gasteiger partial charge in [-0.2, -0.15) is 18.3 Å². The van der Waals surface area contributed by atoms with E-state index in [-0.39, 0.29) is 16.7 Å². The molecule has 0 atom stereocenters. The van der Waals surface area contributed by atoms with Crippen LogP contribution in [0.15, 0.2) is 36.4 Å². The van der Waals surface area contributed by atoms with Gasteiger partial charge in [0.05, 0.1) is 18.4 Å². The minimum atomic E-state index is -4.49. The second kappa shape index (κ2) is 4.94. The number of ether oxygens (including phenoxy) is 1. The number of aromatic nitrogens is 2. The molecule has 0 spiro atoms. The van der Waals surface area contributed by atoms with Crippen molar-refractivity contribution in [2.45, 2.75) is 6.18 Å². The minimum Gasteiger partial charge on any atom is -0.507 e. The van der Waals surface area contributed by atoms with Gasteiger partial charge in [0.2, 0.25) is 0 Å². The summed E-state index contributed by atoms with van der Waals surface area (Å²) in [6.07, 6.45) is -4.49. The van der Waals surface area contributed by atoms with E-state index in [1.54, 1.807) is 12.1 Å². The number of fused-ring (bicyclic) bond motifs is 1.